The molecule has 1 atom stereocenters. The number of likely N-dealkylation sites (tertiary alicyclic amines) is 1. The Kier molecular flexibility index (Phi) is 6.16. The number of halogens is 1. The zero-order valence-electron chi connectivity index (χ0n) is 17.5. The molecule has 1 saturated heterocycles. The van der Waals surface area contributed by atoms with Crippen molar-refractivity contribution in [1.29, 1.82) is 0 Å². The van der Waals surface area contributed by atoms with E-state index in [0.29, 0.717) is 30.9 Å². The van der Waals surface area contributed by atoms with E-state index in [4.69, 9.17) is 0 Å². The zero-order chi connectivity index (χ0) is 21.8. The molecule has 1 aromatic carbocycles. The van der Waals surface area contributed by atoms with Gasteiger partial charge < -0.3 is 14.8 Å². The first-order valence-corrected chi connectivity index (χ1v) is 10.6. The normalized spacial score (nSPS) is 16.3. The van der Waals surface area contributed by atoms with Crippen molar-refractivity contribution in [2.24, 2.45) is 0 Å². The van der Waals surface area contributed by atoms with Crippen molar-refractivity contribution >= 4 is 11.8 Å². The average Bonchev–Trinajstić information content (AvgIpc) is 3.43. The number of nitrogens with one attached hydrogen (secondary N) is 1. The van der Waals surface area contributed by atoms with Crippen LogP contribution in [-0.4, -0.2) is 50.2 Å². The van der Waals surface area contributed by atoms with E-state index in [9.17, 15) is 14.0 Å². The van der Waals surface area contributed by atoms with Crippen molar-refractivity contribution in [3.05, 3.63) is 66.4 Å². The van der Waals surface area contributed by atoms with Gasteiger partial charge in [-0.1, -0.05) is 19.1 Å². The first-order chi connectivity index (χ1) is 15.1. The van der Waals surface area contributed by atoms with Crippen LogP contribution in [0.15, 0.2) is 55.0 Å². The number of aromatic nitrogens is 3. The third-order valence-corrected chi connectivity index (χ3v) is 5.45. The highest BCUT2D eigenvalue weighted by atomic mass is 19.1. The second kappa shape index (κ2) is 9.16. The van der Waals surface area contributed by atoms with Crippen molar-refractivity contribution in [2.45, 2.75) is 38.6 Å². The fourth-order valence-electron chi connectivity index (χ4n) is 3.99. The largest absolute Gasteiger partial charge is 0.352 e. The van der Waals surface area contributed by atoms with E-state index in [0.717, 1.165) is 19.3 Å². The Morgan fingerprint density at radius 1 is 1.19 bits per heavy atom. The Morgan fingerprint density at radius 2 is 1.97 bits per heavy atom. The number of hydrogen-bond acceptors (Lipinski definition) is 3. The van der Waals surface area contributed by atoms with E-state index in [1.165, 1.54) is 16.9 Å². The van der Waals surface area contributed by atoms with Gasteiger partial charge in [-0.3, -0.25) is 9.59 Å². The molecule has 0 aliphatic carbocycles. The second-order valence-electron chi connectivity index (χ2n) is 7.74. The topological polar surface area (TPSA) is 72.2 Å². The lowest BCUT2D eigenvalue weighted by molar-refractivity contribution is -0.122. The van der Waals surface area contributed by atoms with Crippen LogP contribution >= 0.6 is 0 Å². The van der Waals surface area contributed by atoms with Gasteiger partial charge in [-0.25, -0.2) is 9.07 Å². The molecule has 4 rings (SSSR count). The van der Waals surface area contributed by atoms with E-state index in [-0.39, 0.29) is 23.5 Å². The Hall–Kier alpha value is -3.42. The lowest BCUT2D eigenvalue weighted by Gasteiger charge is -2.33. The molecule has 1 fully saturated rings. The smallest absolute Gasteiger partial charge is 0.259 e. The molecule has 0 radical (unpaired) electrons. The zero-order valence-corrected chi connectivity index (χ0v) is 17.5. The lowest BCUT2D eigenvalue weighted by atomic mass is 10.0. The number of piperidine rings is 1. The monoisotopic (exact) mass is 423 g/mol. The fourth-order valence-corrected chi connectivity index (χ4v) is 3.99. The number of benzene rings is 1. The van der Waals surface area contributed by atoms with E-state index < -0.39 is 5.82 Å². The molecule has 1 N–H and O–H groups in total. The van der Waals surface area contributed by atoms with Crippen molar-refractivity contribution in [3.8, 4) is 11.5 Å². The Balaban J connectivity index is 1.64. The summed E-state index contributed by atoms with van der Waals surface area (Å²) in [6, 6.07) is 9.96. The Labute approximate surface area is 180 Å². The number of para-hydroxylation sites is 1. The summed E-state index contributed by atoms with van der Waals surface area (Å²) >= 11 is 0. The molecule has 1 aliphatic rings. The molecule has 2 amide bonds. The van der Waals surface area contributed by atoms with E-state index in [1.807, 2.05) is 19.1 Å². The first kappa shape index (κ1) is 20.8. The van der Waals surface area contributed by atoms with Gasteiger partial charge in [0, 0.05) is 37.9 Å². The van der Waals surface area contributed by atoms with Gasteiger partial charge in [0.1, 0.15) is 17.1 Å². The van der Waals surface area contributed by atoms with Gasteiger partial charge in [0.05, 0.1) is 6.20 Å². The van der Waals surface area contributed by atoms with Crippen LogP contribution in [0.3, 0.4) is 0 Å². The minimum absolute atomic E-state index is 0.0159. The first-order valence-electron chi connectivity index (χ1n) is 10.6. The molecule has 0 saturated carbocycles. The third kappa shape index (κ3) is 4.38. The standard InChI is InChI=1S/C23H26FN5O2/c1-2-8-21(30)26-17-9-7-14-28(16-17)23(31)18-15-25-29(20-11-4-3-10-19(20)24)22(18)27-12-5-6-13-27/h3-6,10-13,15,17H,2,7-9,14,16H2,1H3,(H,26,30). The van der Waals surface area contributed by atoms with Gasteiger partial charge in [0.25, 0.3) is 5.91 Å². The van der Waals surface area contributed by atoms with Crippen molar-refractivity contribution in [2.75, 3.05) is 13.1 Å². The van der Waals surface area contributed by atoms with Crippen LogP contribution in [0, 0.1) is 5.82 Å². The predicted octanol–water partition coefficient (Wildman–Crippen LogP) is 3.32. The van der Waals surface area contributed by atoms with E-state index >= 15 is 0 Å². The van der Waals surface area contributed by atoms with Crippen molar-refractivity contribution in [3.63, 3.8) is 0 Å². The number of rotatable bonds is 6. The molecular weight excluding hydrogens is 397 g/mol. The van der Waals surface area contributed by atoms with Crippen molar-refractivity contribution in [1.82, 2.24) is 24.6 Å². The van der Waals surface area contributed by atoms with Crippen LogP contribution < -0.4 is 5.32 Å². The van der Waals surface area contributed by atoms with E-state index in [1.54, 1.807) is 40.1 Å². The maximum absolute atomic E-state index is 14.5. The maximum atomic E-state index is 14.5. The number of carbonyl (C=O) groups excluding carboxylic acids is 2. The maximum Gasteiger partial charge on any atom is 0.259 e. The molecule has 162 valence electrons. The van der Waals surface area contributed by atoms with Crippen LogP contribution in [0.1, 0.15) is 43.0 Å². The molecule has 1 unspecified atom stereocenters. The second-order valence-corrected chi connectivity index (χ2v) is 7.74. The van der Waals surface area contributed by atoms with Crippen LogP contribution in [0.2, 0.25) is 0 Å². The van der Waals surface area contributed by atoms with Gasteiger partial charge in [0.2, 0.25) is 5.91 Å². The molecule has 2 aromatic heterocycles. The fraction of sp³-hybridized carbons (Fsp3) is 0.348. The van der Waals surface area contributed by atoms with Crippen LogP contribution in [-0.2, 0) is 4.79 Å². The minimum atomic E-state index is -0.422. The molecule has 7 nitrogen and oxygen atoms in total. The van der Waals surface area contributed by atoms with Crippen LogP contribution in [0.5, 0.6) is 0 Å². The number of hydrogen-bond donors (Lipinski definition) is 1. The number of nitrogens with zero attached hydrogens (tertiary/aromatic N) is 4. The molecular formula is C23H26FN5O2. The van der Waals surface area contributed by atoms with Crippen LogP contribution in [0.4, 0.5) is 4.39 Å². The van der Waals surface area contributed by atoms with E-state index in [2.05, 4.69) is 10.4 Å². The third-order valence-electron chi connectivity index (χ3n) is 5.45. The summed E-state index contributed by atoms with van der Waals surface area (Å²) in [5.74, 6) is -0.102. The summed E-state index contributed by atoms with van der Waals surface area (Å²) in [6.45, 7) is 3.02. The molecule has 0 bridgehead atoms. The SMILES string of the molecule is CCCC(=O)NC1CCCN(C(=O)c2cnn(-c3ccccc3F)c2-n2cccc2)C1. The highest BCUT2D eigenvalue weighted by Gasteiger charge is 2.29. The highest BCUT2D eigenvalue weighted by Crippen LogP contribution is 2.24. The molecule has 8 heteroatoms. The van der Waals surface area contributed by atoms with Crippen LogP contribution in [0.25, 0.3) is 11.5 Å². The minimum Gasteiger partial charge on any atom is -0.352 e. The Morgan fingerprint density at radius 3 is 2.71 bits per heavy atom. The molecule has 1 aliphatic heterocycles. The van der Waals surface area contributed by atoms with Gasteiger partial charge >= 0.3 is 0 Å². The molecule has 0 spiro atoms. The summed E-state index contributed by atoms with van der Waals surface area (Å²) in [5, 5.41) is 7.38. The summed E-state index contributed by atoms with van der Waals surface area (Å²) in [5.41, 5.74) is 0.661. The van der Waals surface area contributed by atoms with Gasteiger partial charge in [-0.15, -0.1) is 0 Å². The van der Waals surface area contributed by atoms with Gasteiger partial charge in [-0.2, -0.15) is 5.10 Å². The Bertz CT molecular complexity index is 1060. The number of carbonyl (C=O) groups is 2. The average molecular weight is 423 g/mol. The lowest BCUT2D eigenvalue weighted by Crippen LogP contribution is -2.49. The van der Waals surface area contributed by atoms with Gasteiger partial charge in [0.15, 0.2) is 5.82 Å². The molecule has 3 aromatic rings. The predicted molar refractivity (Wildman–Crippen MR) is 115 cm³/mol. The highest BCUT2D eigenvalue weighted by molar-refractivity contribution is 5.97. The van der Waals surface area contributed by atoms with Gasteiger partial charge in [-0.05, 0) is 43.5 Å². The summed E-state index contributed by atoms with van der Waals surface area (Å²) < 4.78 is 17.7. The molecule has 31 heavy (non-hydrogen) atoms. The summed E-state index contributed by atoms with van der Waals surface area (Å²) in [7, 11) is 0. The quantitative estimate of drug-likeness (QED) is 0.661. The summed E-state index contributed by atoms with van der Waals surface area (Å²) in [6.07, 6.45) is 8.02. The number of amides is 2. The summed E-state index contributed by atoms with van der Waals surface area (Å²) in [4.78, 5) is 27.2. The van der Waals surface area contributed by atoms with Crippen molar-refractivity contribution < 1.29 is 14.0 Å². The molecule has 3 heterocycles.